The Hall–Kier alpha value is -2.43. The second-order valence-corrected chi connectivity index (χ2v) is 5.63. The summed E-state index contributed by atoms with van der Waals surface area (Å²) in [5.74, 6) is -1.45. The molecule has 5 heteroatoms. The smallest absolute Gasteiger partial charge is 0.314 e. The SMILES string of the molecule is CC1=C(C)C(=O)N(c2ccc(C3(C(=O)O)CC3)cc2)C1=O. The second kappa shape index (κ2) is 4.28. The third kappa shape index (κ3) is 1.81. The molecule has 2 aliphatic rings. The Kier molecular flexibility index (Phi) is 2.76. The lowest BCUT2D eigenvalue weighted by Crippen LogP contribution is -2.31. The van der Waals surface area contributed by atoms with E-state index in [1.54, 1.807) is 38.1 Å². The lowest BCUT2D eigenvalue weighted by molar-refractivity contribution is -0.140. The van der Waals surface area contributed by atoms with Crippen LogP contribution in [0, 0.1) is 0 Å². The first-order valence-electron chi connectivity index (χ1n) is 6.79. The minimum atomic E-state index is -0.822. The molecule has 1 aliphatic carbocycles. The number of carbonyl (C=O) groups excluding carboxylic acids is 2. The van der Waals surface area contributed by atoms with Crippen LogP contribution in [0.5, 0.6) is 0 Å². The van der Waals surface area contributed by atoms with Crippen LogP contribution in [-0.4, -0.2) is 22.9 Å². The maximum Gasteiger partial charge on any atom is 0.314 e. The summed E-state index contributed by atoms with van der Waals surface area (Å²) in [5.41, 5.74) is 1.33. The van der Waals surface area contributed by atoms with Crippen LogP contribution in [0.1, 0.15) is 32.3 Å². The average Bonchev–Trinajstić information content (AvgIpc) is 3.24. The number of carboxylic acids is 1. The first-order valence-corrected chi connectivity index (χ1v) is 6.79. The highest BCUT2D eigenvalue weighted by Gasteiger charge is 2.51. The van der Waals surface area contributed by atoms with Gasteiger partial charge in [0.2, 0.25) is 0 Å². The third-order valence-corrected chi connectivity index (χ3v) is 4.45. The number of imide groups is 1. The van der Waals surface area contributed by atoms with Crippen molar-refractivity contribution in [2.75, 3.05) is 4.90 Å². The molecule has 21 heavy (non-hydrogen) atoms. The van der Waals surface area contributed by atoms with Gasteiger partial charge < -0.3 is 5.11 Å². The van der Waals surface area contributed by atoms with Crippen molar-refractivity contribution in [2.45, 2.75) is 32.1 Å². The highest BCUT2D eigenvalue weighted by molar-refractivity contribution is 6.32. The van der Waals surface area contributed by atoms with E-state index in [4.69, 9.17) is 0 Å². The standard InChI is InChI=1S/C16H15NO4/c1-9-10(2)14(19)17(13(9)18)12-5-3-11(4-6-12)16(7-8-16)15(20)21/h3-6H,7-8H2,1-2H3,(H,20,21). The summed E-state index contributed by atoms with van der Waals surface area (Å²) in [6.07, 6.45) is 1.26. The molecule has 0 bridgehead atoms. The topological polar surface area (TPSA) is 74.7 Å². The third-order valence-electron chi connectivity index (χ3n) is 4.45. The number of carbonyl (C=O) groups is 3. The molecule has 0 spiro atoms. The molecule has 0 aromatic heterocycles. The van der Waals surface area contributed by atoms with Gasteiger partial charge in [-0.25, -0.2) is 4.90 Å². The highest BCUT2D eigenvalue weighted by atomic mass is 16.4. The number of aliphatic carboxylic acids is 1. The number of hydrogen-bond donors (Lipinski definition) is 1. The van der Waals surface area contributed by atoms with Crippen LogP contribution in [-0.2, 0) is 19.8 Å². The number of benzene rings is 1. The Labute approximate surface area is 121 Å². The first kappa shape index (κ1) is 13.5. The van der Waals surface area contributed by atoms with E-state index in [1.807, 2.05) is 0 Å². The number of hydrogen-bond acceptors (Lipinski definition) is 3. The van der Waals surface area contributed by atoms with Crippen molar-refractivity contribution in [3.63, 3.8) is 0 Å². The molecular weight excluding hydrogens is 270 g/mol. The van der Waals surface area contributed by atoms with Gasteiger partial charge in [0.15, 0.2) is 0 Å². The number of amides is 2. The summed E-state index contributed by atoms with van der Waals surface area (Å²) in [4.78, 5) is 36.6. The zero-order valence-corrected chi connectivity index (χ0v) is 11.8. The number of nitrogens with zero attached hydrogens (tertiary/aromatic N) is 1. The zero-order valence-electron chi connectivity index (χ0n) is 11.8. The van der Waals surface area contributed by atoms with E-state index < -0.39 is 11.4 Å². The molecule has 1 heterocycles. The molecule has 1 N–H and O–H groups in total. The summed E-state index contributed by atoms with van der Waals surface area (Å²) in [6.45, 7) is 3.26. The lowest BCUT2D eigenvalue weighted by Gasteiger charge is -2.16. The molecule has 1 fully saturated rings. The molecule has 1 aromatic carbocycles. The van der Waals surface area contributed by atoms with E-state index in [1.165, 1.54) is 0 Å². The minimum absolute atomic E-state index is 0.315. The molecule has 108 valence electrons. The number of anilines is 1. The summed E-state index contributed by atoms with van der Waals surface area (Å²) in [6, 6.07) is 6.67. The van der Waals surface area contributed by atoms with Gasteiger partial charge in [-0.05, 0) is 44.4 Å². The van der Waals surface area contributed by atoms with Crippen LogP contribution in [0.15, 0.2) is 35.4 Å². The van der Waals surface area contributed by atoms with Crippen molar-refractivity contribution >= 4 is 23.5 Å². The second-order valence-electron chi connectivity index (χ2n) is 5.63. The van der Waals surface area contributed by atoms with Gasteiger partial charge in [0.25, 0.3) is 11.8 Å². The Balaban J connectivity index is 1.92. The fraction of sp³-hybridized carbons (Fsp3) is 0.312. The fourth-order valence-electron chi connectivity index (χ4n) is 2.66. The fourth-order valence-corrected chi connectivity index (χ4v) is 2.66. The zero-order chi connectivity index (χ0) is 15.4. The van der Waals surface area contributed by atoms with E-state index in [0.29, 0.717) is 29.7 Å². The molecule has 1 saturated carbocycles. The van der Waals surface area contributed by atoms with Crippen LogP contribution in [0.25, 0.3) is 0 Å². The van der Waals surface area contributed by atoms with Crippen LogP contribution in [0.4, 0.5) is 5.69 Å². The van der Waals surface area contributed by atoms with Crippen LogP contribution in [0.2, 0.25) is 0 Å². The van der Waals surface area contributed by atoms with Gasteiger partial charge in [0.05, 0.1) is 11.1 Å². The monoisotopic (exact) mass is 285 g/mol. The van der Waals surface area contributed by atoms with Gasteiger partial charge >= 0.3 is 5.97 Å². The Morgan fingerprint density at radius 3 is 1.90 bits per heavy atom. The summed E-state index contributed by atoms with van der Waals surface area (Å²) < 4.78 is 0. The maximum atomic E-state index is 12.1. The van der Waals surface area contributed by atoms with Crippen molar-refractivity contribution in [1.29, 1.82) is 0 Å². The molecule has 1 aromatic rings. The molecule has 0 saturated heterocycles. The highest BCUT2D eigenvalue weighted by Crippen LogP contribution is 2.48. The van der Waals surface area contributed by atoms with E-state index in [-0.39, 0.29) is 11.8 Å². The summed E-state index contributed by atoms with van der Waals surface area (Å²) in [7, 11) is 0. The normalized spacial score (nSPS) is 20.2. The van der Waals surface area contributed by atoms with Crippen molar-refractivity contribution in [3.05, 3.63) is 41.0 Å². The molecule has 0 atom stereocenters. The molecule has 0 radical (unpaired) electrons. The molecular formula is C16H15NO4. The van der Waals surface area contributed by atoms with Gasteiger partial charge in [-0.2, -0.15) is 0 Å². The van der Waals surface area contributed by atoms with Gasteiger partial charge in [0, 0.05) is 11.1 Å². The Bertz CT molecular complexity index is 671. The molecule has 5 nitrogen and oxygen atoms in total. The minimum Gasteiger partial charge on any atom is -0.481 e. The molecule has 2 amide bonds. The van der Waals surface area contributed by atoms with Crippen LogP contribution >= 0.6 is 0 Å². The summed E-state index contributed by atoms with van der Waals surface area (Å²) in [5, 5.41) is 9.27. The molecule has 1 aliphatic heterocycles. The average molecular weight is 285 g/mol. The Morgan fingerprint density at radius 1 is 1.05 bits per heavy atom. The molecule has 0 unspecified atom stereocenters. The van der Waals surface area contributed by atoms with E-state index in [9.17, 15) is 19.5 Å². The lowest BCUT2D eigenvalue weighted by atomic mass is 9.96. The van der Waals surface area contributed by atoms with Gasteiger partial charge in [0.1, 0.15) is 0 Å². The predicted molar refractivity (Wildman–Crippen MR) is 75.9 cm³/mol. The summed E-state index contributed by atoms with van der Waals surface area (Å²) >= 11 is 0. The van der Waals surface area contributed by atoms with Crippen molar-refractivity contribution in [2.24, 2.45) is 0 Å². The first-order chi connectivity index (χ1) is 9.88. The van der Waals surface area contributed by atoms with Gasteiger partial charge in [-0.3, -0.25) is 14.4 Å². The number of rotatable bonds is 3. The van der Waals surface area contributed by atoms with Crippen LogP contribution in [0.3, 0.4) is 0 Å². The van der Waals surface area contributed by atoms with E-state index in [0.717, 1.165) is 10.5 Å². The van der Waals surface area contributed by atoms with Gasteiger partial charge in [-0.15, -0.1) is 0 Å². The molecule has 3 rings (SSSR count). The van der Waals surface area contributed by atoms with Crippen LogP contribution < -0.4 is 4.90 Å². The van der Waals surface area contributed by atoms with Crippen molar-refractivity contribution in [1.82, 2.24) is 0 Å². The maximum absolute atomic E-state index is 12.1. The van der Waals surface area contributed by atoms with E-state index in [2.05, 4.69) is 0 Å². The predicted octanol–water partition coefficient (Wildman–Crippen LogP) is 2.01. The largest absolute Gasteiger partial charge is 0.481 e. The van der Waals surface area contributed by atoms with Gasteiger partial charge in [-0.1, -0.05) is 12.1 Å². The quantitative estimate of drug-likeness (QED) is 0.862. The van der Waals surface area contributed by atoms with Crippen molar-refractivity contribution in [3.8, 4) is 0 Å². The number of carboxylic acid groups (broad SMARTS) is 1. The van der Waals surface area contributed by atoms with E-state index >= 15 is 0 Å². The Morgan fingerprint density at radius 2 is 1.52 bits per heavy atom. The van der Waals surface area contributed by atoms with Crippen molar-refractivity contribution < 1.29 is 19.5 Å².